The molecule has 0 radical (unpaired) electrons. The Labute approximate surface area is 306 Å². The van der Waals surface area contributed by atoms with Gasteiger partial charge in [0.1, 0.15) is 23.1 Å². The number of hydrogen-bond acceptors (Lipinski definition) is 6. The Morgan fingerprint density at radius 3 is 1.73 bits per heavy atom. The fourth-order valence-corrected chi connectivity index (χ4v) is 6.46. The first-order valence-corrected chi connectivity index (χ1v) is 18.7. The van der Waals surface area contributed by atoms with Crippen LogP contribution in [0.3, 0.4) is 0 Å². The van der Waals surface area contributed by atoms with Gasteiger partial charge in [0.2, 0.25) is 11.8 Å². The molecule has 5 rings (SSSR count). The lowest BCUT2D eigenvalue weighted by Gasteiger charge is -2.39. The highest BCUT2D eigenvalue weighted by molar-refractivity contribution is 7.98. The summed E-state index contributed by atoms with van der Waals surface area (Å²) in [5.74, 6) is 1.08. The molecule has 51 heavy (non-hydrogen) atoms. The topological polar surface area (TPSA) is 109 Å². The highest BCUT2D eigenvalue weighted by Crippen LogP contribution is 2.54. The summed E-state index contributed by atoms with van der Waals surface area (Å²) in [6.07, 6.45) is 2.56. The van der Waals surface area contributed by atoms with Crippen LogP contribution in [0, 0.1) is 0 Å². The van der Waals surface area contributed by atoms with Crippen molar-refractivity contribution >= 4 is 46.8 Å². The molecule has 3 amide bonds. The lowest BCUT2D eigenvalue weighted by molar-refractivity contribution is -0.116. The molecule has 0 saturated heterocycles. The Kier molecular flexibility index (Phi) is 10.5. The lowest BCUT2D eigenvalue weighted by Crippen LogP contribution is -2.29. The second-order valence-corrected chi connectivity index (χ2v) is 16.5. The Morgan fingerprint density at radius 1 is 0.725 bits per heavy atom. The quantitative estimate of drug-likeness (QED) is 0.157. The summed E-state index contributed by atoms with van der Waals surface area (Å²) >= 11 is 1.64. The number of pyridine rings is 1. The van der Waals surface area contributed by atoms with Crippen molar-refractivity contribution in [1.82, 2.24) is 4.98 Å². The van der Waals surface area contributed by atoms with Crippen molar-refractivity contribution in [3.05, 3.63) is 88.5 Å². The molecule has 9 heteroatoms. The van der Waals surface area contributed by atoms with Crippen LogP contribution in [-0.2, 0) is 25.8 Å². The number of carbonyl (C=O) groups is 3. The number of nitrogens with one attached hydrogen (secondary N) is 3. The van der Waals surface area contributed by atoms with Crippen LogP contribution in [0.4, 0.5) is 17.3 Å². The Bertz CT molecular complexity index is 1970. The van der Waals surface area contributed by atoms with E-state index >= 15 is 0 Å². The van der Waals surface area contributed by atoms with Crippen LogP contribution in [0.1, 0.15) is 115 Å². The van der Waals surface area contributed by atoms with Gasteiger partial charge >= 0.3 is 0 Å². The van der Waals surface area contributed by atoms with E-state index in [2.05, 4.69) is 94.5 Å². The Hall–Kier alpha value is -4.63. The average Bonchev–Trinajstić information content (AvgIpc) is 3.06. The van der Waals surface area contributed by atoms with E-state index in [1.54, 1.807) is 37.7 Å². The summed E-state index contributed by atoms with van der Waals surface area (Å²) in [5, 5.41) is 8.85. The number of nitrogens with zero attached hydrogens (tertiary/aromatic N) is 1. The number of benzene rings is 3. The van der Waals surface area contributed by atoms with Crippen molar-refractivity contribution in [1.29, 1.82) is 0 Å². The first-order chi connectivity index (χ1) is 23.8. The minimum Gasteiger partial charge on any atom is -0.455 e. The number of rotatable bonds is 8. The van der Waals surface area contributed by atoms with Gasteiger partial charge in [-0.15, -0.1) is 11.8 Å². The molecule has 0 aliphatic carbocycles. The molecule has 0 unspecified atom stereocenters. The monoisotopic (exact) mass is 706 g/mol. The molecule has 1 aliphatic rings. The number of amides is 3. The summed E-state index contributed by atoms with van der Waals surface area (Å²) in [6, 6.07) is 19.8. The van der Waals surface area contributed by atoms with Crippen LogP contribution >= 0.6 is 11.8 Å². The number of fused-ring (bicyclic) bond motifs is 2. The molecule has 3 aromatic carbocycles. The van der Waals surface area contributed by atoms with Crippen LogP contribution in [0.2, 0.25) is 0 Å². The molecular formula is C42H50N4O4S. The van der Waals surface area contributed by atoms with Crippen molar-refractivity contribution in [2.24, 2.45) is 0 Å². The van der Waals surface area contributed by atoms with E-state index in [-0.39, 0.29) is 41.4 Å². The molecule has 1 aromatic heterocycles. The number of aromatic nitrogens is 1. The first kappa shape index (κ1) is 37.6. The molecule has 0 saturated carbocycles. The van der Waals surface area contributed by atoms with E-state index in [4.69, 9.17) is 4.74 Å². The van der Waals surface area contributed by atoms with E-state index in [9.17, 15) is 14.4 Å². The summed E-state index contributed by atoms with van der Waals surface area (Å²) in [4.78, 5) is 44.9. The zero-order valence-electron chi connectivity index (χ0n) is 31.7. The summed E-state index contributed by atoms with van der Waals surface area (Å²) in [6.45, 7) is 20.8. The minimum atomic E-state index is -0.583. The molecule has 8 nitrogen and oxygen atoms in total. The molecule has 0 atom stereocenters. The number of carbonyl (C=O) groups excluding carboxylic acids is 3. The van der Waals surface area contributed by atoms with Gasteiger partial charge in [-0.2, -0.15) is 0 Å². The SMILES string of the molecule is CCC(=O)Nc1cc(-c2cc(C(C)(C)C)cc3c2Oc2c(C(=O)Nc4ccc(SC)cc4)cc(C(C)(C)C)cc2C3(C)C)cc(NC(=O)CC)n1. The number of hydrogen-bond donors (Lipinski definition) is 3. The van der Waals surface area contributed by atoms with E-state index < -0.39 is 5.41 Å². The first-order valence-electron chi connectivity index (χ1n) is 17.5. The highest BCUT2D eigenvalue weighted by Gasteiger charge is 2.40. The largest absolute Gasteiger partial charge is 0.455 e. The summed E-state index contributed by atoms with van der Waals surface area (Å²) in [7, 11) is 0. The molecule has 3 N–H and O–H groups in total. The molecule has 1 aliphatic heterocycles. The molecule has 2 heterocycles. The average molecular weight is 707 g/mol. The maximum atomic E-state index is 14.2. The van der Waals surface area contributed by atoms with Crippen LogP contribution in [0.5, 0.6) is 11.5 Å². The van der Waals surface area contributed by atoms with Gasteiger partial charge in [0.15, 0.2) is 0 Å². The lowest BCUT2D eigenvalue weighted by atomic mass is 9.70. The number of thioether (sulfide) groups is 1. The zero-order chi connectivity index (χ0) is 37.5. The van der Waals surface area contributed by atoms with Crippen molar-refractivity contribution < 1.29 is 19.1 Å². The number of ether oxygens (including phenoxy) is 1. The van der Waals surface area contributed by atoms with Crippen LogP contribution in [-0.4, -0.2) is 29.0 Å². The van der Waals surface area contributed by atoms with Gasteiger partial charge < -0.3 is 20.7 Å². The second-order valence-electron chi connectivity index (χ2n) is 15.6. The Balaban J connectivity index is 1.77. The predicted molar refractivity (Wildman–Crippen MR) is 210 cm³/mol. The molecule has 0 bridgehead atoms. The van der Waals surface area contributed by atoms with Crippen molar-refractivity contribution in [3.8, 4) is 22.6 Å². The third kappa shape index (κ3) is 7.99. The third-order valence-electron chi connectivity index (χ3n) is 9.37. The summed E-state index contributed by atoms with van der Waals surface area (Å²) in [5.41, 5.74) is 5.55. The summed E-state index contributed by atoms with van der Waals surface area (Å²) < 4.78 is 6.99. The smallest absolute Gasteiger partial charge is 0.259 e. The highest BCUT2D eigenvalue weighted by atomic mass is 32.2. The van der Waals surface area contributed by atoms with Gasteiger partial charge in [-0.3, -0.25) is 14.4 Å². The normalized spacial score (nSPS) is 13.4. The van der Waals surface area contributed by atoms with E-state index in [0.717, 1.165) is 32.7 Å². The van der Waals surface area contributed by atoms with Gasteiger partial charge in [0.25, 0.3) is 5.91 Å². The Morgan fingerprint density at radius 2 is 1.24 bits per heavy atom. The molecule has 0 spiro atoms. The maximum Gasteiger partial charge on any atom is 0.259 e. The second kappa shape index (κ2) is 14.2. The van der Waals surface area contributed by atoms with Crippen molar-refractivity contribution in [2.75, 3.05) is 22.2 Å². The molecule has 0 fully saturated rings. The van der Waals surface area contributed by atoms with Crippen LogP contribution in [0.25, 0.3) is 11.1 Å². The fourth-order valence-electron chi connectivity index (χ4n) is 6.05. The molecular weight excluding hydrogens is 657 g/mol. The fraction of sp³-hybridized carbons (Fsp3) is 0.381. The van der Waals surface area contributed by atoms with Crippen molar-refractivity contribution in [3.63, 3.8) is 0 Å². The van der Waals surface area contributed by atoms with Crippen LogP contribution < -0.4 is 20.7 Å². The van der Waals surface area contributed by atoms with E-state index in [1.807, 2.05) is 36.6 Å². The van der Waals surface area contributed by atoms with Gasteiger partial charge in [0, 0.05) is 45.5 Å². The predicted octanol–water partition coefficient (Wildman–Crippen LogP) is 10.4. The van der Waals surface area contributed by atoms with Crippen molar-refractivity contribution in [2.45, 2.75) is 103 Å². The van der Waals surface area contributed by atoms with Gasteiger partial charge in [0.05, 0.1) is 5.56 Å². The van der Waals surface area contributed by atoms with E-state index in [0.29, 0.717) is 39.9 Å². The van der Waals surface area contributed by atoms with Gasteiger partial charge in [-0.05, 0) is 82.3 Å². The third-order valence-corrected chi connectivity index (χ3v) is 10.1. The van der Waals surface area contributed by atoms with Gasteiger partial charge in [-0.25, -0.2) is 4.98 Å². The van der Waals surface area contributed by atoms with E-state index in [1.165, 1.54) is 0 Å². The minimum absolute atomic E-state index is 0.197. The number of anilines is 3. The zero-order valence-corrected chi connectivity index (χ0v) is 32.5. The standard InChI is InChI=1S/C42H50N4O4S/c1-12-35(47)45-33-18-24(19-34(44-33)46-36(48)13-2)29-20-25(40(3,4)5)22-31-37(29)50-38-30(39(49)43-27-14-16-28(51-11)17-15-27)21-26(41(6,7)8)23-32(38)42(31,9)10/h14-23H,12-13H2,1-11H3,(H,43,49)(H2,44,45,46,47,48). The van der Waals surface area contributed by atoms with Gasteiger partial charge in [-0.1, -0.05) is 81.4 Å². The molecule has 4 aromatic rings. The van der Waals surface area contributed by atoms with Crippen LogP contribution in [0.15, 0.2) is 65.6 Å². The molecule has 268 valence electrons. The maximum absolute atomic E-state index is 14.2.